The van der Waals surface area contributed by atoms with Crippen LogP contribution in [0.2, 0.25) is 0 Å². The van der Waals surface area contributed by atoms with Crippen LogP contribution in [-0.2, 0) is 4.74 Å². The van der Waals surface area contributed by atoms with E-state index in [1.165, 1.54) is 12.7 Å². The van der Waals surface area contributed by atoms with Crippen LogP contribution in [0.3, 0.4) is 0 Å². The van der Waals surface area contributed by atoms with Gasteiger partial charge in [0, 0.05) is 13.7 Å². The highest BCUT2D eigenvalue weighted by Crippen LogP contribution is 2.35. The van der Waals surface area contributed by atoms with E-state index >= 15 is 0 Å². The number of aromatic amines is 1. The fourth-order valence-corrected chi connectivity index (χ4v) is 2.13. The molecule has 0 unspecified atom stereocenters. The number of ether oxygens (including phenoxy) is 1. The number of nitrogens with zero attached hydrogens (tertiary/aromatic N) is 1. The van der Waals surface area contributed by atoms with Gasteiger partial charge in [0.1, 0.15) is 10.3 Å². The molecule has 88 valence electrons. The van der Waals surface area contributed by atoms with E-state index in [0.29, 0.717) is 16.8 Å². The van der Waals surface area contributed by atoms with Gasteiger partial charge in [-0.2, -0.15) is 0 Å². The Kier molecular flexibility index (Phi) is 3.30. The van der Waals surface area contributed by atoms with Crippen molar-refractivity contribution in [3.05, 3.63) is 21.2 Å². The van der Waals surface area contributed by atoms with E-state index in [2.05, 4.69) is 31.2 Å². The molecule has 1 aromatic rings. The maximum atomic E-state index is 11.3. The van der Waals surface area contributed by atoms with Crippen molar-refractivity contribution < 1.29 is 4.74 Å². The molecular weight excluding hydrogens is 274 g/mol. The standard InChI is InChI=1S/C10H14BrN3O2/c1-16-10(3-2-4-10)5-12-8-7(11)9(15)14-6-13-8/h6H,2-5H2,1H3,(H2,12,13,14,15). The van der Waals surface area contributed by atoms with E-state index < -0.39 is 0 Å². The summed E-state index contributed by atoms with van der Waals surface area (Å²) < 4.78 is 5.91. The Hall–Kier alpha value is -0.880. The third kappa shape index (κ3) is 2.12. The van der Waals surface area contributed by atoms with Crippen molar-refractivity contribution in [2.24, 2.45) is 0 Å². The van der Waals surface area contributed by atoms with Crippen LogP contribution >= 0.6 is 15.9 Å². The first-order valence-corrected chi connectivity index (χ1v) is 5.98. The molecule has 1 saturated carbocycles. The molecule has 1 heterocycles. The van der Waals surface area contributed by atoms with Crippen LogP contribution in [0.4, 0.5) is 5.82 Å². The second kappa shape index (κ2) is 4.55. The number of halogens is 1. The second-order valence-corrected chi connectivity index (χ2v) is 4.78. The maximum Gasteiger partial charge on any atom is 0.267 e. The van der Waals surface area contributed by atoms with Gasteiger partial charge in [0.05, 0.1) is 11.9 Å². The Balaban J connectivity index is 2.04. The van der Waals surface area contributed by atoms with Gasteiger partial charge in [0.15, 0.2) is 0 Å². The summed E-state index contributed by atoms with van der Waals surface area (Å²) in [4.78, 5) is 17.9. The third-order valence-corrected chi connectivity index (χ3v) is 3.81. The summed E-state index contributed by atoms with van der Waals surface area (Å²) in [7, 11) is 1.72. The molecule has 5 nitrogen and oxygen atoms in total. The van der Waals surface area contributed by atoms with Crippen LogP contribution < -0.4 is 10.9 Å². The molecule has 6 heteroatoms. The Morgan fingerprint density at radius 2 is 2.44 bits per heavy atom. The fourth-order valence-electron chi connectivity index (χ4n) is 1.78. The highest BCUT2D eigenvalue weighted by molar-refractivity contribution is 9.10. The molecule has 2 N–H and O–H groups in total. The monoisotopic (exact) mass is 287 g/mol. The summed E-state index contributed by atoms with van der Waals surface area (Å²) in [5.74, 6) is 0.562. The summed E-state index contributed by atoms with van der Waals surface area (Å²) in [5, 5.41) is 3.14. The second-order valence-electron chi connectivity index (χ2n) is 3.99. The molecule has 0 aromatic carbocycles. The molecule has 1 aliphatic rings. The molecule has 0 aliphatic heterocycles. The van der Waals surface area contributed by atoms with E-state index in [4.69, 9.17) is 4.74 Å². The molecular formula is C10H14BrN3O2. The molecule has 2 rings (SSSR count). The average Bonchev–Trinajstić information content (AvgIpc) is 2.23. The highest BCUT2D eigenvalue weighted by atomic mass is 79.9. The van der Waals surface area contributed by atoms with Gasteiger partial charge >= 0.3 is 0 Å². The van der Waals surface area contributed by atoms with Crippen molar-refractivity contribution in [1.82, 2.24) is 9.97 Å². The van der Waals surface area contributed by atoms with Crippen LogP contribution in [0.25, 0.3) is 0 Å². The summed E-state index contributed by atoms with van der Waals surface area (Å²) in [6.07, 6.45) is 4.68. The number of methoxy groups -OCH3 is 1. The number of aromatic nitrogens is 2. The van der Waals surface area contributed by atoms with Crippen molar-refractivity contribution in [2.75, 3.05) is 19.0 Å². The maximum absolute atomic E-state index is 11.3. The molecule has 0 bridgehead atoms. The third-order valence-electron chi connectivity index (χ3n) is 3.07. The Bertz CT molecular complexity index is 423. The molecule has 0 atom stereocenters. The highest BCUT2D eigenvalue weighted by Gasteiger charge is 2.36. The van der Waals surface area contributed by atoms with E-state index in [1.807, 2.05) is 0 Å². The zero-order chi connectivity index (χ0) is 11.6. The van der Waals surface area contributed by atoms with Gasteiger partial charge < -0.3 is 15.0 Å². The van der Waals surface area contributed by atoms with E-state index in [9.17, 15) is 4.79 Å². The van der Waals surface area contributed by atoms with Crippen molar-refractivity contribution in [2.45, 2.75) is 24.9 Å². The van der Waals surface area contributed by atoms with Gasteiger partial charge in [0.2, 0.25) is 0 Å². The summed E-state index contributed by atoms with van der Waals surface area (Å²) in [5.41, 5.74) is -0.262. The normalized spacial score (nSPS) is 17.9. The first-order chi connectivity index (χ1) is 7.67. The lowest BCUT2D eigenvalue weighted by molar-refractivity contribution is -0.0601. The van der Waals surface area contributed by atoms with Crippen LogP contribution in [0, 0.1) is 0 Å². The zero-order valence-electron chi connectivity index (χ0n) is 9.05. The molecule has 0 amide bonds. The minimum atomic E-state index is -0.183. The van der Waals surface area contributed by atoms with Crippen molar-refractivity contribution in [3.8, 4) is 0 Å². The predicted octanol–water partition coefficient (Wildman–Crippen LogP) is 1.51. The SMILES string of the molecule is COC1(CNc2nc[nH]c(=O)c2Br)CCC1. The van der Waals surface area contributed by atoms with Gasteiger partial charge in [-0.05, 0) is 35.2 Å². The molecule has 0 radical (unpaired) electrons. The lowest BCUT2D eigenvalue weighted by Crippen LogP contribution is -2.45. The number of hydrogen-bond donors (Lipinski definition) is 2. The average molecular weight is 288 g/mol. The summed E-state index contributed by atoms with van der Waals surface area (Å²) >= 11 is 3.20. The largest absolute Gasteiger partial charge is 0.376 e. The Morgan fingerprint density at radius 1 is 1.69 bits per heavy atom. The number of anilines is 1. The van der Waals surface area contributed by atoms with Crippen molar-refractivity contribution >= 4 is 21.7 Å². The molecule has 0 saturated heterocycles. The molecule has 1 fully saturated rings. The van der Waals surface area contributed by atoms with E-state index in [0.717, 1.165) is 12.8 Å². The van der Waals surface area contributed by atoms with Gasteiger partial charge in [-0.3, -0.25) is 4.79 Å². The smallest absolute Gasteiger partial charge is 0.267 e. The van der Waals surface area contributed by atoms with Gasteiger partial charge in [-0.15, -0.1) is 0 Å². The Labute approximate surface area is 102 Å². The lowest BCUT2D eigenvalue weighted by atomic mass is 9.80. The lowest BCUT2D eigenvalue weighted by Gasteiger charge is -2.40. The topological polar surface area (TPSA) is 67.0 Å². The van der Waals surface area contributed by atoms with Gasteiger partial charge in [-0.1, -0.05) is 0 Å². The van der Waals surface area contributed by atoms with Gasteiger partial charge in [0.25, 0.3) is 5.56 Å². The van der Waals surface area contributed by atoms with E-state index in [-0.39, 0.29) is 11.2 Å². The first-order valence-electron chi connectivity index (χ1n) is 5.19. The number of H-pyrrole nitrogens is 1. The first kappa shape index (κ1) is 11.6. The Morgan fingerprint density at radius 3 is 3.00 bits per heavy atom. The predicted molar refractivity (Wildman–Crippen MR) is 64.6 cm³/mol. The summed E-state index contributed by atoms with van der Waals surface area (Å²) in [6.45, 7) is 0.679. The fraction of sp³-hybridized carbons (Fsp3) is 0.600. The molecule has 1 aromatic heterocycles. The number of hydrogen-bond acceptors (Lipinski definition) is 4. The van der Waals surface area contributed by atoms with Gasteiger partial charge in [-0.25, -0.2) is 4.98 Å². The van der Waals surface area contributed by atoms with Crippen LogP contribution in [0.5, 0.6) is 0 Å². The zero-order valence-corrected chi connectivity index (χ0v) is 10.6. The van der Waals surface area contributed by atoms with Crippen molar-refractivity contribution in [3.63, 3.8) is 0 Å². The minimum Gasteiger partial charge on any atom is -0.376 e. The minimum absolute atomic E-state index is 0.0796. The van der Waals surface area contributed by atoms with Crippen LogP contribution in [-0.4, -0.2) is 29.2 Å². The van der Waals surface area contributed by atoms with Crippen LogP contribution in [0.1, 0.15) is 19.3 Å². The molecule has 1 aliphatic carbocycles. The number of nitrogens with one attached hydrogen (secondary N) is 2. The molecule has 0 spiro atoms. The van der Waals surface area contributed by atoms with Crippen molar-refractivity contribution in [1.29, 1.82) is 0 Å². The quantitative estimate of drug-likeness (QED) is 0.881. The number of rotatable bonds is 4. The molecule has 16 heavy (non-hydrogen) atoms. The summed E-state index contributed by atoms with van der Waals surface area (Å²) in [6, 6.07) is 0. The van der Waals surface area contributed by atoms with E-state index in [1.54, 1.807) is 7.11 Å². The van der Waals surface area contributed by atoms with Crippen LogP contribution in [0.15, 0.2) is 15.6 Å².